The highest BCUT2D eigenvalue weighted by molar-refractivity contribution is 7.91. The number of halogens is 1. The summed E-state index contributed by atoms with van der Waals surface area (Å²) in [5.74, 6) is 0.935. The van der Waals surface area contributed by atoms with E-state index in [0.29, 0.717) is 16.7 Å². The molecule has 0 N–H and O–H groups in total. The second-order valence-corrected chi connectivity index (χ2v) is 7.57. The molecule has 1 saturated heterocycles. The van der Waals surface area contributed by atoms with E-state index < -0.39 is 9.84 Å². The van der Waals surface area contributed by atoms with Crippen molar-refractivity contribution in [3.8, 4) is 0 Å². The summed E-state index contributed by atoms with van der Waals surface area (Å²) in [6.45, 7) is 1.57. The van der Waals surface area contributed by atoms with Crippen LogP contribution in [-0.2, 0) is 16.4 Å². The van der Waals surface area contributed by atoms with Gasteiger partial charge in [0.1, 0.15) is 5.15 Å². The van der Waals surface area contributed by atoms with Gasteiger partial charge in [-0.25, -0.2) is 13.4 Å². The van der Waals surface area contributed by atoms with Gasteiger partial charge in [-0.15, -0.1) is 0 Å². The minimum Gasteiger partial charge on any atom is -0.302 e. The predicted octanol–water partition coefficient (Wildman–Crippen LogP) is 1.60. The number of pyridine rings is 1. The monoisotopic (exact) mass is 288 g/mol. The Labute approximate surface area is 113 Å². The van der Waals surface area contributed by atoms with Gasteiger partial charge in [0, 0.05) is 19.3 Å². The lowest BCUT2D eigenvalue weighted by Gasteiger charge is -2.19. The van der Waals surface area contributed by atoms with Gasteiger partial charge in [-0.2, -0.15) is 0 Å². The summed E-state index contributed by atoms with van der Waals surface area (Å²) < 4.78 is 22.8. The molecule has 1 aliphatic heterocycles. The Morgan fingerprint density at radius 2 is 2.28 bits per heavy atom. The Morgan fingerprint density at radius 3 is 2.83 bits per heavy atom. The predicted molar refractivity (Wildman–Crippen MR) is 72.3 cm³/mol. The van der Waals surface area contributed by atoms with Gasteiger partial charge < -0.3 is 4.90 Å². The molecule has 0 aromatic carbocycles. The van der Waals surface area contributed by atoms with E-state index in [-0.39, 0.29) is 5.92 Å². The molecule has 2 rings (SSSR count). The second kappa shape index (κ2) is 5.55. The molecule has 6 heteroatoms. The summed E-state index contributed by atoms with van der Waals surface area (Å²) in [5.41, 5.74) is 1.09. The van der Waals surface area contributed by atoms with E-state index in [9.17, 15) is 8.42 Å². The van der Waals surface area contributed by atoms with Crippen LogP contribution in [0.3, 0.4) is 0 Å². The van der Waals surface area contributed by atoms with E-state index in [2.05, 4.69) is 9.88 Å². The number of sulfone groups is 1. The fourth-order valence-electron chi connectivity index (χ4n) is 2.33. The van der Waals surface area contributed by atoms with Crippen molar-refractivity contribution >= 4 is 21.4 Å². The molecule has 1 unspecified atom stereocenters. The minimum atomic E-state index is -2.78. The Kier molecular flexibility index (Phi) is 4.25. The number of nitrogens with zero attached hydrogens (tertiary/aromatic N) is 2. The topological polar surface area (TPSA) is 50.3 Å². The van der Waals surface area contributed by atoms with E-state index in [1.165, 1.54) is 0 Å². The van der Waals surface area contributed by atoms with Crippen LogP contribution < -0.4 is 0 Å². The third-order valence-electron chi connectivity index (χ3n) is 3.14. The molecule has 2 heterocycles. The highest BCUT2D eigenvalue weighted by Crippen LogP contribution is 2.19. The molecule has 0 aliphatic carbocycles. The van der Waals surface area contributed by atoms with Gasteiger partial charge in [-0.3, -0.25) is 0 Å². The van der Waals surface area contributed by atoms with E-state index in [1.54, 1.807) is 12.3 Å². The average Bonchev–Trinajstić information content (AvgIpc) is 2.61. The van der Waals surface area contributed by atoms with Crippen LogP contribution in [0, 0.1) is 5.92 Å². The lowest BCUT2D eigenvalue weighted by atomic mass is 10.1. The summed E-state index contributed by atoms with van der Waals surface area (Å²) in [5, 5.41) is 0.489. The quantitative estimate of drug-likeness (QED) is 0.790. The normalized spacial score (nSPS) is 22.5. The molecule has 18 heavy (non-hydrogen) atoms. The van der Waals surface area contributed by atoms with Crippen molar-refractivity contribution in [2.45, 2.75) is 13.0 Å². The van der Waals surface area contributed by atoms with Crippen molar-refractivity contribution in [1.29, 1.82) is 0 Å². The zero-order valence-electron chi connectivity index (χ0n) is 10.3. The molecule has 100 valence electrons. The molecule has 1 atom stereocenters. The van der Waals surface area contributed by atoms with Crippen molar-refractivity contribution in [3.63, 3.8) is 0 Å². The fourth-order valence-corrected chi connectivity index (χ4v) is 4.29. The minimum absolute atomic E-state index is 0.264. The standard InChI is InChI=1S/C12H17ClN2O2S/c1-15(7-10-2-3-12(13)14-6-10)8-11-4-5-18(16,17)9-11/h2-3,6,11H,4-5,7-9H2,1H3. The summed E-state index contributed by atoms with van der Waals surface area (Å²) in [6.07, 6.45) is 2.54. The molecule has 1 aromatic rings. The van der Waals surface area contributed by atoms with Crippen molar-refractivity contribution in [2.75, 3.05) is 25.1 Å². The van der Waals surface area contributed by atoms with Crippen molar-refractivity contribution in [1.82, 2.24) is 9.88 Å². The maximum absolute atomic E-state index is 11.4. The highest BCUT2D eigenvalue weighted by atomic mass is 35.5. The Morgan fingerprint density at radius 1 is 1.50 bits per heavy atom. The lowest BCUT2D eigenvalue weighted by Crippen LogP contribution is -2.26. The van der Waals surface area contributed by atoms with Crippen LogP contribution in [0.25, 0.3) is 0 Å². The van der Waals surface area contributed by atoms with E-state index in [4.69, 9.17) is 11.6 Å². The van der Waals surface area contributed by atoms with Gasteiger partial charge in [0.15, 0.2) is 9.84 Å². The molecule has 4 nitrogen and oxygen atoms in total. The molecule has 0 bridgehead atoms. The van der Waals surface area contributed by atoms with Crippen LogP contribution in [0.5, 0.6) is 0 Å². The van der Waals surface area contributed by atoms with Gasteiger partial charge >= 0.3 is 0 Å². The van der Waals surface area contributed by atoms with E-state index >= 15 is 0 Å². The summed E-state index contributed by atoms with van der Waals surface area (Å²) >= 11 is 5.73. The molecule has 0 amide bonds. The zero-order chi connectivity index (χ0) is 13.2. The fraction of sp³-hybridized carbons (Fsp3) is 0.583. The molecular weight excluding hydrogens is 272 g/mol. The highest BCUT2D eigenvalue weighted by Gasteiger charge is 2.28. The van der Waals surface area contributed by atoms with Crippen LogP contribution in [0.4, 0.5) is 0 Å². The first-order valence-electron chi connectivity index (χ1n) is 5.94. The van der Waals surface area contributed by atoms with Gasteiger partial charge in [-0.1, -0.05) is 17.7 Å². The van der Waals surface area contributed by atoms with Gasteiger partial charge in [0.25, 0.3) is 0 Å². The molecule has 1 aliphatic rings. The van der Waals surface area contributed by atoms with Crippen LogP contribution in [0.15, 0.2) is 18.3 Å². The number of hydrogen-bond donors (Lipinski definition) is 0. The summed E-state index contributed by atoms with van der Waals surface area (Å²) in [4.78, 5) is 6.17. The molecule has 0 radical (unpaired) electrons. The molecular formula is C12H17ClN2O2S. The third-order valence-corrected chi connectivity index (χ3v) is 5.20. The van der Waals surface area contributed by atoms with Gasteiger partial charge in [-0.05, 0) is 31.0 Å². The molecule has 0 spiro atoms. The molecule has 1 aromatic heterocycles. The van der Waals surface area contributed by atoms with Gasteiger partial charge in [0.2, 0.25) is 0 Å². The Bertz CT molecular complexity index is 501. The third kappa shape index (κ3) is 3.93. The number of aromatic nitrogens is 1. The average molecular weight is 289 g/mol. The van der Waals surface area contributed by atoms with Gasteiger partial charge in [0.05, 0.1) is 11.5 Å². The van der Waals surface area contributed by atoms with Crippen LogP contribution in [0.2, 0.25) is 5.15 Å². The first-order valence-corrected chi connectivity index (χ1v) is 8.14. The molecule has 0 saturated carbocycles. The van der Waals surface area contributed by atoms with Crippen LogP contribution >= 0.6 is 11.6 Å². The first-order chi connectivity index (χ1) is 8.44. The number of hydrogen-bond acceptors (Lipinski definition) is 4. The Balaban J connectivity index is 1.86. The smallest absolute Gasteiger partial charge is 0.150 e. The molecule has 1 fully saturated rings. The Hall–Kier alpha value is -0.650. The van der Waals surface area contributed by atoms with E-state index in [0.717, 1.165) is 25.1 Å². The second-order valence-electron chi connectivity index (χ2n) is 4.95. The maximum Gasteiger partial charge on any atom is 0.150 e. The van der Waals surface area contributed by atoms with Crippen molar-refractivity contribution in [3.05, 3.63) is 29.0 Å². The van der Waals surface area contributed by atoms with Crippen molar-refractivity contribution in [2.24, 2.45) is 5.92 Å². The summed E-state index contributed by atoms with van der Waals surface area (Å²) in [7, 11) is -0.776. The largest absolute Gasteiger partial charge is 0.302 e. The van der Waals surface area contributed by atoms with Crippen molar-refractivity contribution < 1.29 is 8.42 Å². The summed E-state index contributed by atoms with van der Waals surface area (Å²) in [6, 6.07) is 3.71. The van der Waals surface area contributed by atoms with Crippen LogP contribution in [0.1, 0.15) is 12.0 Å². The lowest BCUT2D eigenvalue weighted by molar-refractivity contribution is 0.281. The SMILES string of the molecule is CN(Cc1ccc(Cl)nc1)CC1CCS(=O)(=O)C1. The zero-order valence-corrected chi connectivity index (χ0v) is 11.9. The maximum atomic E-state index is 11.4. The van der Waals surface area contributed by atoms with E-state index in [1.807, 2.05) is 13.1 Å². The first kappa shape index (κ1) is 13.8. The number of rotatable bonds is 4. The van der Waals surface area contributed by atoms with Crippen LogP contribution in [-0.4, -0.2) is 43.4 Å².